The zero-order chi connectivity index (χ0) is 11.1. The molecule has 2 atom stereocenters. The molecular formula is C6H2Cl3N3O2. The second-order valence-corrected chi connectivity index (χ2v) is 5.21. The summed E-state index contributed by atoms with van der Waals surface area (Å²) in [5, 5.41) is 27.8. The standard InChI is InChI=1S/C6H2Cl3N3O2/c7-6(8,9)3-4(12(13)14)5(3,1-10)2-11/h3-4H/t3-,4-/m1/s1. The van der Waals surface area contributed by atoms with Gasteiger partial charge in [0.05, 0.1) is 12.1 Å². The summed E-state index contributed by atoms with van der Waals surface area (Å²) in [7, 11) is 0. The van der Waals surface area contributed by atoms with E-state index < -0.39 is 26.1 Å². The van der Waals surface area contributed by atoms with Gasteiger partial charge in [0.2, 0.25) is 9.21 Å². The van der Waals surface area contributed by atoms with Crippen LogP contribution in [0.3, 0.4) is 0 Å². The lowest BCUT2D eigenvalue weighted by atomic mass is 10.1. The summed E-state index contributed by atoms with van der Waals surface area (Å²) in [6.45, 7) is 0. The van der Waals surface area contributed by atoms with Crippen molar-refractivity contribution in [2.75, 3.05) is 0 Å². The van der Waals surface area contributed by atoms with Gasteiger partial charge in [-0.3, -0.25) is 10.1 Å². The van der Waals surface area contributed by atoms with E-state index in [0.717, 1.165) is 0 Å². The van der Waals surface area contributed by atoms with Crippen LogP contribution in [0.25, 0.3) is 0 Å². The Bertz CT molecular complexity index is 350. The van der Waals surface area contributed by atoms with Crippen LogP contribution < -0.4 is 0 Å². The number of nitro groups is 1. The zero-order valence-corrected chi connectivity index (χ0v) is 8.71. The third-order valence-corrected chi connectivity index (χ3v) is 2.82. The van der Waals surface area contributed by atoms with E-state index in [1.807, 2.05) is 0 Å². The number of nitriles is 2. The van der Waals surface area contributed by atoms with Gasteiger partial charge in [0.15, 0.2) is 0 Å². The summed E-state index contributed by atoms with van der Waals surface area (Å²) >= 11 is 16.3. The van der Waals surface area contributed by atoms with Crippen molar-refractivity contribution in [2.45, 2.75) is 9.83 Å². The van der Waals surface area contributed by atoms with Crippen LogP contribution in [-0.2, 0) is 0 Å². The van der Waals surface area contributed by atoms with E-state index in [2.05, 4.69) is 0 Å². The summed E-state index contributed by atoms with van der Waals surface area (Å²) in [5.74, 6) is -1.18. The van der Waals surface area contributed by atoms with Crippen LogP contribution in [0.5, 0.6) is 0 Å². The maximum Gasteiger partial charge on any atom is 0.255 e. The Balaban J connectivity index is 3.09. The van der Waals surface area contributed by atoms with Gasteiger partial charge >= 0.3 is 0 Å². The van der Waals surface area contributed by atoms with Crippen molar-refractivity contribution < 1.29 is 4.92 Å². The molecule has 74 valence electrons. The minimum absolute atomic E-state index is 0.765. The van der Waals surface area contributed by atoms with Crippen LogP contribution in [0.2, 0.25) is 0 Å². The first kappa shape index (κ1) is 11.3. The number of nitrogens with zero attached hydrogens (tertiary/aromatic N) is 3. The van der Waals surface area contributed by atoms with Crippen molar-refractivity contribution >= 4 is 34.8 Å². The predicted octanol–water partition coefficient (Wildman–Crippen LogP) is 1.67. The Morgan fingerprint density at radius 3 is 1.86 bits per heavy atom. The molecule has 5 nitrogen and oxygen atoms in total. The van der Waals surface area contributed by atoms with Crippen molar-refractivity contribution in [2.24, 2.45) is 11.3 Å². The molecule has 0 unspecified atom stereocenters. The fourth-order valence-electron chi connectivity index (χ4n) is 1.39. The smallest absolute Gasteiger partial charge is 0.255 e. The lowest BCUT2D eigenvalue weighted by Gasteiger charge is -2.06. The molecule has 0 aromatic heterocycles. The minimum Gasteiger partial charge on any atom is -0.264 e. The van der Waals surface area contributed by atoms with Gasteiger partial charge in [0, 0.05) is 4.92 Å². The highest BCUT2D eigenvalue weighted by Gasteiger charge is 2.82. The Labute approximate surface area is 93.9 Å². The van der Waals surface area contributed by atoms with Crippen LogP contribution in [-0.4, -0.2) is 14.8 Å². The van der Waals surface area contributed by atoms with Gasteiger partial charge in [-0.05, 0) is 0 Å². The third-order valence-electron chi connectivity index (χ3n) is 2.11. The summed E-state index contributed by atoms with van der Waals surface area (Å²) in [5.41, 5.74) is -1.81. The quantitative estimate of drug-likeness (QED) is 0.404. The van der Waals surface area contributed by atoms with Crippen LogP contribution >= 0.6 is 34.8 Å². The summed E-state index contributed by atoms with van der Waals surface area (Å²) in [6.07, 6.45) is 0. The maximum absolute atomic E-state index is 10.5. The van der Waals surface area contributed by atoms with E-state index in [4.69, 9.17) is 45.3 Å². The van der Waals surface area contributed by atoms with Crippen LogP contribution in [0.15, 0.2) is 0 Å². The predicted molar refractivity (Wildman–Crippen MR) is 48.2 cm³/mol. The van der Waals surface area contributed by atoms with E-state index in [1.54, 1.807) is 0 Å². The molecule has 1 aliphatic rings. The van der Waals surface area contributed by atoms with Gasteiger partial charge in [-0.2, -0.15) is 10.5 Å². The molecule has 0 spiro atoms. The Morgan fingerprint density at radius 2 is 1.79 bits per heavy atom. The van der Waals surface area contributed by atoms with Crippen molar-refractivity contribution in [3.05, 3.63) is 10.1 Å². The molecule has 1 rings (SSSR count). The average molecular weight is 254 g/mol. The van der Waals surface area contributed by atoms with E-state index >= 15 is 0 Å². The zero-order valence-electron chi connectivity index (χ0n) is 6.45. The van der Waals surface area contributed by atoms with Gasteiger partial charge in [0.1, 0.15) is 5.92 Å². The molecule has 0 aliphatic heterocycles. The first-order valence-electron chi connectivity index (χ1n) is 3.34. The third kappa shape index (κ3) is 1.38. The number of hydrogen-bond acceptors (Lipinski definition) is 4. The maximum atomic E-state index is 10.5. The highest BCUT2D eigenvalue weighted by atomic mass is 35.6. The SMILES string of the molecule is N#CC1(C#N)[C@H]([N+](=O)[O-])[C@H]1C(Cl)(Cl)Cl. The van der Waals surface area contributed by atoms with Gasteiger partial charge in [-0.1, -0.05) is 34.8 Å². The van der Waals surface area contributed by atoms with E-state index in [-0.39, 0.29) is 0 Å². The molecule has 8 heteroatoms. The Hall–Kier alpha value is -0.750. The number of rotatable bonds is 1. The van der Waals surface area contributed by atoms with Gasteiger partial charge in [0.25, 0.3) is 6.04 Å². The lowest BCUT2D eigenvalue weighted by Crippen LogP contribution is -2.13. The molecule has 0 aromatic carbocycles. The topological polar surface area (TPSA) is 90.7 Å². The summed E-state index contributed by atoms with van der Waals surface area (Å²) in [4.78, 5) is 9.71. The Morgan fingerprint density at radius 1 is 1.36 bits per heavy atom. The molecule has 14 heavy (non-hydrogen) atoms. The van der Waals surface area contributed by atoms with Crippen molar-refractivity contribution in [1.29, 1.82) is 10.5 Å². The molecule has 0 radical (unpaired) electrons. The highest BCUT2D eigenvalue weighted by molar-refractivity contribution is 6.68. The fraction of sp³-hybridized carbons (Fsp3) is 0.667. The van der Waals surface area contributed by atoms with Gasteiger partial charge in [-0.25, -0.2) is 0 Å². The Kier molecular flexibility index (Phi) is 2.53. The van der Waals surface area contributed by atoms with Crippen molar-refractivity contribution in [3.8, 4) is 12.1 Å². The highest BCUT2D eigenvalue weighted by Crippen LogP contribution is 2.63. The normalized spacial score (nSPS) is 28.6. The summed E-state index contributed by atoms with van der Waals surface area (Å²) < 4.78 is -1.97. The molecule has 1 fully saturated rings. The number of alkyl halides is 3. The first-order valence-corrected chi connectivity index (χ1v) is 4.47. The molecule has 0 amide bonds. The number of halogens is 3. The molecule has 0 bridgehead atoms. The van der Waals surface area contributed by atoms with Crippen molar-refractivity contribution in [3.63, 3.8) is 0 Å². The fourth-order valence-corrected chi connectivity index (χ4v) is 2.27. The van der Waals surface area contributed by atoms with E-state index in [1.165, 1.54) is 12.1 Å². The van der Waals surface area contributed by atoms with E-state index in [9.17, 15) is 10.1 Å². The minimum atomic E-state index is -1.97. The molecular weight excluding hydrogens is 252 g/mol. The summed E-state index contributed by atoms with van der Waals surface area (Å²) in [6, 6.07) is 1.64. The first-order chi connectivity index (χ1) is 6.31. The van der Waals surface area contributed by atoms with Crippen LogP contribution in [0.1, 0.15) is 0 Å². The lowest BCUT2D eigenvalue weighted by molar-refractivity contribution is -0.502. The molecule has 0 aromatic rings. The monoisotopic (exact) mass is 253 g/mol. The van der Waals surface area contributed by atoms with E-state index in [0.29, 0.717) is 0 Å². The molecule has 1 saturated carbocycles. The molecule has 0 heterocycles. The second kappa shape index (κ2) is 3.13. The van der Waals surface area contributed by atoms with Gasteiger partial charge in [-0.15, -0.1) is 0 Å². The largest absolute Gasteiger partial charge is 0.264 e. The van der Waals surface area contributed by atoms with Crippen LogP contribution in [0, 0.1) is 44.1 Å². The molecule has 0 N–H and O–H groups in total. The van der Waals surface area contributed by atoms with Crippen molar-refractivity contribution in [1.82, 2.24) is 0 Å². The number of hydrogen-bond donors (Lipinski definition) is 0. The second-order valence-electron chi connectivity index (χ2n) is 2.84. The van der Waals surface area contributed by atoms with Crippen LogP contribution in [0.4, 0.5) is 0 Å². The average Bonchev–Trinajstić information content (AvgIpc) is 2.73. The molecule has 1 aliphatic carbocycles. The molecule has 0 saturated heterocycles. The van der Waals surface area contributed by atoms with Gasteiger partial charge < -0.3 is 0 Å².